The molecule has 8 heteroatoms. The molecule has 0 aliphatic rings. The van der Waals surface area contributed by atoms with Gasteiger partial charge in [0.15, 0.2) is 0 Å². The largest absolute Gasteiger partial charge is 0.495 e. The Morgan fingerprint density at radius 1 is 1.20 bits per heavy atom. The highest BCUT2D eigenvalue weighted by Gasteiger charge is 2.16. The van der Waals surface area contributed by atoms with Crippen molar-refractivity contribution < 1.29 is 9.53 Å². The molecule has 3 rings (SSSR count). The van der Waals surface area contributed by atoms with Crippen molar-refractivity contribution in [1.82, 2.24) is 9.13 Å². The number of amides is 1. The number of para-hydroxylation sites is 2. The summed E-state index contributed by atoms with van der Waals surface area (Å²) in [5.41, 5.74) is 0.181. The minimum atomic E-state index is -0.492. The SMILES string of the molecule is CCn1c(=O)c2sccc2n(CC(=O)Nc2ccccc2OC)c1=O. The van der Waals surface area contributed by atoms with Crippen molar-refractivity contribution in [3.05, 3.63) is 56.5 Å². The number of ether oxygens (including phenoxy) is 1. The highest BCUT2D eigenvalue weighted by molar-refractivity contribution is 7.17. The van der Waals surface area contributed by atoms with E-state index in [1.807, 2.05) is 0 Å². The maximum absolute atomic E-state index is 12.6. The number of benzene rings is 1. The zero-order valence-electron chi connectivity index (χ0n) is 13.8. The van der Waals surface area contributed by atoms with Gasteiger partial charge in [0.2, 0.25) is 5.91 Å². The first kappa shape index (κ1) is 17.0. The molecule has 0 aliphatic carbocycles. The van der Waals surface area contributed by atoms with E-state index < -0.39 is 5.69 Å². The zero-order chi connectivity index (χ0) is 18.0. The third kappa shape index (κ3) is 3.08. The number of thiophene rings is 1. The van der Waals surface area contributed by atoms with Crippen LogP contribution in [0.5, 0.6) is 5.75 Å². The van der Waals surface area contributed by atoms with Gasteiger partial charge in [0.25, 0.3) is 5.56 Å². The molecular weight excluding hydrogens is 342 g/mol. The van der Waals surface area contributed by atoms with E-state index >= 15 is 0 Å². The molecule has 7 nitrogen and oxygen atoms in total. The number of methoxy groups -OCH3 is 1. The fraction of sp³-hybridized carbons (Fsp3) is 0.235. The number of nitrogens with one attached hydrogen (secondary N) is 1. The van der Waals surface area contributed by atoms with Gasteiger partial charge >= 0.3 is 5.69 Å². The van der Waals surface area contributed by atoms with Crippen LogP contribution in [0.2, 0.25) is 0 Å². The van der Waals surface area contributed by atoms with Crippen LogP contribution in [0.1, 0.15) is 6.92 Å². The first-order chi connectivity index (χ1) is 12.1. The lowest BCUT2D eigenvalue weighted by Gasteiger charge is -2.13. The van der Waals surface area contributed by atoms with Gasteiger partial charge < -0.3 is 10.1 Å². The number of carbonyl (C=O) groups is 1. The van der Waals surface area contributed by atoms with E-state index in [0.717, 1.165) is 4.57 Å². The third-order valence-corrected chi connectivity index (χ3v) is 4.73. The van der Waals surface area contributed by atoms with Crippen molar-refractivity contribution in [1.29, 1.82) is 0 Å². The fourth-order valence-corrected chi connectivity index (χ4v) is 3.49. The molecule has 0 fully saturated rings. The Morgan fingerprint density at radius 3 is 2.68 bits per heavy atom. The van der Waals surface area contributed by atoms with Crippen molar-refractivity contribution >= 4 is 33.1 Å². The van der Waals surface area contributed by atoms with E-state index in [4.69, 9.17) is 4.74 Å². The van der Waals surface area contributed by atoms with E-state index in [1.165, 1.54) is 23.0 Å². The lowest BCUT2D eigenvalue weighted by Crippen LogP contribution is -2.40. The molecule has 0 bridgehead atoms. The second-order valence-electron chi connectivity index (χ2n) is 5.30. The Balaban J connectivity index is 1.98. The summed E-state index contributed by atoms with van der Waals surface area (Å²) in [5, 5.41) is 4.47. The third-order valence-electron chi connectivity index (χ3n) is 3.84. The minimum Gasteiger partial charge on any atom is -0.495 e. The van der Waals surface area contributed by atoms with E-state index in [0.29, 0.717) is 21.7 Å². The first-order valence-electron chi connectivity index (χ1n) is 7.70. The summed E-state index contributed by atoms with van der Waals surface area (Å²) in [4.78, 5) is 37.3. The monoisotopic (exact) mass is 359 g/mol. The van der Waals surface area contributed by atoms with E-state index in [1.54, 1.807) is 42.6 Å². The van der Waals surface area contributed by atoms with Crippen LogP contribution in [-0.4, -0.2) is 22.2 Å². The quantitative estimate of drug-likeness (QED) is 0.754. The van der Waals surface area contributed by atoms with Crippen LogP contribution < -0.4 is 21.3 Å². The summed E-state index contributed by atoms with van der Waals surface area (Å²) >= 11 is 1.26. The second-order valence-corrected chi connectivity index (χ2v) is 6.22. The zero-order valence-corrected chi connectivity index (χ0v) is 14.6. The molecule has 0 radical (unpaired) electrons. The summed E-state index contributed by atoms with van der Waals surface area (Å²) in [5.74, 6) is 0.155. The minimum absolute atomic E-state index is 0.190. The van der Waals surface area contributed by atoms with Crippen LogP contribution in [0.15, 0.2) is 45.3 Å². The van der Waals surface area contributed by atoms with Crippen LogP contribution in [0, 0.1) is 0 Å². The fourth-order valence-electron chi connectivity index (χ4n) is 2.65. The van der Waals surface area contributed by atoms with Crippen LogP contribution >= 0.6 is 11.3 Å². The van der Waals surface area contributed by atoms with Crippen molar-refractivity contribution in [2.24, 2.45) is 0 Å². The Morgan fingerprint density at radius 2 is 1.96 bits per heavy atom. The van der Waals surface area contributed by atoms with Gasteiger partial charge in [0.1, 0.15) is 17.0 Å². The summed E-state index contributed by atoms with van der Waals surface area (Å²) < 4.78 is 8.12. The van der Waals surface area contributed by atoms with Gasteiger partial charge in [0, 0.05) is 6.54 Å². The van der Waals surface area contributed by atoms with E-state index in [9.17, 15) is 14.4 Å². The number of fused-ring (bicyclic) bond motifs is 1. The molecule has 1 aromatic carbocycles. The molecule has 2 heterocycles. The average molecular weight is 359 g/mol. The topological polar surface area (TPSA) is 82.3 Å². The highest BCUT2D eigenvalue weighted by Crippen LogP contribution is 2.23. The molecule has 25 heavy (non-hydrogen) atoms. The maximum atomic E-state index is 12.6. The van der Waals surface area contributed by atoms with Crippen molar-refractivity contribution in [3.8, 4) is 5.75 Å². The Labute approximate surface area is 147 Å². The molecular formula is C17H17N3O4S. The first-order valence-corrected chi connectivity index (χ1v) is 8.58. The number of hydrogen-bond donors (Lipinski definition) is 1. The molecule has 3 aromatic rings. The normalized spacial score (nSPS) is 10.8. The number of carbonyl (C=O) groups excluding carboxylic acids is 1. The van der Waals surface area contributed by atoms with Gasteiger partial charge in [-0.2, -0.15) is 0 Å². The molecule has 1 amide bonds. The van der Waals surface area contributed by atoms with Crippen LogP contribution in [0.25, 0.3) is 10.2 Å². The molecule has 0 spiro atoms. The number of rotatable bonds is 5. The van der Waals surface area contributed by atoms with Gasteiger partial charge in [-0.1, -0.05) is 12.1 Å². The molecule has 0 unspecified atom stereocenters. The van der Waals surface area contributed by atoms with Crippen LogP contribution in [0.4, 0.5) is 5.69 Å². The van der Waals surface area contributed by atoms with Crippen LogP contribution in [-0.2, 0) is 17.9 Å². The number of hydrogen-bond acceptors (Lipinski definition) is 5. The average Bonchev–Trinajstić information content (AvgIpc) is 3.09. The van der Waals surface area contributed by atoms with E-state index in [2.05, 4.69) is 5.32 Å². The molecule has 1 N–H and O–H groups in total. The Hall–Kier alpha value is -2.87. The highest BCUT2D eigenvalue weighted by atomic mass is 32.1. The number of anilines is 1. The van der Waals surface area contributed by atoms with E-state index in [-0.39, 0.29) is 24.6 Å². The molecule has 0 saturated heterocycles. The van der Waals surface area contributed by atoms with Gasteiger partial charge in [-0.3, -0.25) is 18.7 Å². The lowest BCUT2D eigenvalue weighted by molar-refractivity contribution is -0.116. The van der Waals surface area contributed by atoms with Gasteiger partial charge in [-0.25, -0.2) is 4.79 Å². The summed E-state index contributed by atoms with van der Waals surface area (Å²) in [6.07, 6.45) is 0. The van der Waals surface area contributed by atoms with Gasteiger partial charge in [-0.05, 0) is 30.5 Å². The van der Waals surface area contributed by atoms with Gasteiger partial charge in [-0.15, -0.1) is 11.3 Å². The Kier molecular flexibility index (Phi) is 4.71. The van der Waals surface area contributed by atoms with Crippen molar-refractivity contribution in [2.45, 2.75) is 20.0 Å². The van der Waals surface area contributed by atoms with Crippen LogP contribution in [0.3, 0.4) is 0 Å². The predicted molar refractivity (Wildman–Crippen MR) is 97.6 cm³/mol. The second kappa shape index (κ2) is 6.94. The molecule has 0 saturated carbocycles. The summed E-state index contributed by atoms with van der Waals surface area (Å²) in [6, 6.07) is 8.70. The predicted octanol–water partition coefficient (Wildman–Crippen LogP) is 1.89. The lowest BCUT2D eigenvalue weighted by atomic mass is 10.3. The van der Waals surface area contributed by atoms with Crippen molar-refractivity contribution in [2.75, 3.05) is 12.4 Å². The number of nitrogens with zero attached hydrogens (tertiary/aromatic N) is 2. The smallest absolute Gasteiger partial charge is 0.331 e. The standard InChI is InChI=1S/C17H17N3O4S/c1-3-19-16(22)15-12(8-9-25-15)20(17(19)23)10-14(21)18-11-6-4-5-7-13(11)24-2/h4-9H,3,10H2,1-2H3,(H,18,21). The molecule has 0 aliphatic heterocycles. The number of aromatic nitrogens is 2. The molecule has 0 atom stereocenters. The Bertz CT molecular complexity index is 1050. The van der Waals surface area contributed by atoms with Gasteiger partial charge in [0.05, 0.1) is 18.3 Å². The molecule has 130 valence electrons. The molecule has 2 aromatic heterocycles. The maximum Gasteiger partial charge on any atom is 0.331 e. The summed E-state index contributed by atoms with van der Waals surface area (Å²) in [6.45, 7) is 1.78. The van der Waals surface area contributed by atoms with Crippen molar-refractivity contribution in [3.63, 3.8) is 0 Å². The summed E-state index contributed by atoms with van der Waals surface area (Å²) in [7, 11) is 1.52.